The van der Waals surface area contributed by atoms with Crippen molar-refractivity contribution in [3.8, 4) is 0 Å². The van der Waals surface area contributed by atoms with Gasteiger partial charge in [0.05, 0.1) is 24.2 Å². The molecule has 2 N–H and O–H groups in total. The highest BCUT2D eigenvalue weighted by molar-refractivity contribution is 7.15. The number of urea groups is 1. The van der Waals surface area contributed by atoms with Crippen molar-refractivity contribution in [1.82, 2.24) is 15.5 Å². The number of nitro groups is 1. The summed E-state index contributed by atoms with van der Waals surface area (Å²) in [7, 11) is 0. The van der Waals surface area contributed by atoms with Gasteiger partial charge in [0, 0.05) is 43.7 Å². The summed E-state index contributed by atoms with van der Waals surface area (Å²) < 4.78 is 12.1. The van der Waals surface area contributed by atoms with Crippen LogP contribution in [0.3, 0.4) is 0 Å². The van der Waals surface area contributed by atoms with Crippen LogP contribution in [0, 0.1) is 10.1 Å². The molecule has 0 bridgehead atoms. The SMILES string of the molecule is CCNC(=O)NC[C@@H]1CC[C@]2(COCCN(Cc3ccc([N+](=O)[O-])s3)C2)O1. The average Bonchev–Trinajstić information content (AvgIpc) is 3.19. The molecule has 1 aromatic heterocycles. The standard InChI is InChI=1S/C17H26N4O5S/c1-2-18-16(22)19-9-13-5-6-17(26-13)11-20(7-8-25-12-17)10-14-3-4-15(27-14)21(23)24/h3-4,13H,2,5-12H2,1H3,(H2,18,19,22)/t13-,17-/m0/s1. The van der Waals surface area contributed by atoms with Crippen molar-refractivity contribution in [2.24, 2.45) is 0 Å². The highest BCUT2D eigenvalue weighted by Gasteiger charge is 2.43. The molecular formula is C17H26N4O5S. The maximum Gasteiger partial charge on any atom is 0.324 e. The largest absolute Gasteiger partial charge is 0.377 e. The Morgan fingerprint density at radius 3 is 3.07 bits per heavy atom. The predicted octanol–water partition coefficient (Wildman–Crippen LogP) is 1.73. The van der Waals surface area contributed by atoms with Crippen LogP contribution < -0.4 is 10.6 Å². The van der Waals surface area contributed by atoms with Crippen molar-refractivity contribution in [2.45, 2.75) is 38.0 Å². The number of thiophene rings is 1. The van der Waals surface area contributed by atoms with Crippen molar-refractivity contribution in [1.29, 1.82) is 0 Å². The Bertz CT molecular complexity index is 670. The van der Waals surface area contributed by atoms with Crippen LogP contribution in [0.4, 0.5) is 9.80 Å². The van der Waals surface area contributed by atoms with Gasteiger partial charge in [-0.3, -0.25) is 15.0 Å². The average molecular weight is 398 g/mol. The molecule has 2 amide bonds. The number of nitrogens with one attached hydrogen (secondary N) is 2. The minimum atomic E-state index is -0.382. The van der Waals surface area contributed by atoms with E-state index in [1.165, 1.54) is 11.3 Å². The Kier molecular flexibility index (Phi) is 6.64. The van der Waals surface area contributed by atoms with E-state index in [4.69, 9.17) is 9.47 Å². The lowest BCUT2D eigenvalue weighted by molar-refractivity contribution is -0.380. The topological polar surface area (TPSA) is 106 Å². The number of nitrogens with zero attached hydrogens (tertiary/aromatic N) is 2. The van der Waals surface area contributed by atoms with E-state index in [1.807, 2.05) is 13.0 Å². The maximum absolute atomic E-state index is 11.6. The van der Waals surface area contributed by atoms with E-state index < -0.39 is 0 Å². The van der Waals surface area contributed by atoms with Crippen LogP contribution in [0.15, 0.2) is 12.1 Å². The Labute approximate surface area is 162 Å². The Balaban J connectivity index is 1.55. The van der Waals surface area contributed by atoms with E-state index in [1.54, 1.807) is 6.07 Å². The second-order valence-electron chi connectivity index (χ2n) is 6.96. The van der Waals surface area contributed by atoms with Crippen molar-refractivity contribution in [2.75, 3.05) is 39.4 Å². The first-order valence-corrected chi connectivity index (χ1v) is 10.0. The lowest BCUT2D eigenvalue weighted by Crippen LogP contribution is -2.45. The van der Waals surface area contributed by atoms with Crippen LogP contribution in [-0.2, 0) is 16.0 Å². The van der Waals surface area contributed by atoms with Gasteiger partial charge in [-0.1, -0.05) is 11.3 Å². The zero-order valence-electron chi connectivity index (χ0n) is 15.4. The van der Waals surface area contributed by atoms with Crippen molar-refractivity contribution in [3.63, 3.8) is 0 Å². The van der Waals surface area contributed by atoms with Gasteiger partial charge >= 0.3 is 11.0 Å². The zero-order chi connectivity index (χ0) is 19.3. The number of hydrogen-bond donors (Lipinski definition) is 2. The van der Waals surface area contributed by atoms with Gasteiger partial charge in [0.1, 0.15) is 5.60 Å². The Hall–Kier alpha value is -1.75. The Morgan fingerprint density at radius 2 is 2.33 bits per heavy atom. The van der Waals surface area contributed by atoms with Crippen LogP contribution >= 0.6 is 11.3 Å². The monoisotopic (exact) mass is 398 g/mol. The van der Waals surface area contributed by atoms with Gasteiger partial charge in [-0.2, -0.15) is 0 Å². The predicted molar refractivity (Wildman–Crippen MR) is 101 cm³/mol. The molecule has 27 heavy (non-hydrogen) atoms. The fourth-order valence-corrected chi connectivity index (χ4v) is 4.44. The van der Waals surface area contributed by atoms with Gasteiger partial charge in [-0.05, 0) is 25.8 Å². The second kappa shape index (κ2) is 8.96. The molecule has 150 valence electrons. The van der Waals surface area contributed by atoms with Gasteiger partial charge in [-0.15, -0.1) is 0 Å². The summed E-state index contributed by atoms with van der Waals surface area (Å²) >= 11 is 1.21. The number of rotatable bonds is 6. The zero-order valence-corrected chi connectivity index (χ0v) is 16.3. The molecule has 0 radical (unpaired) electrons. The fourth-order valence-electron chi connectivity index (χ4n) is 3.58. The van der Waals surface area contributed by atoms with E-state index >= 15 is 0 Å². The van der Waals surface area contributed by atoms with Crippen molar-refractivity contribution in [3.05, 3.63) is 27.1 Å². The first-order chi connectivity index (χ1) is 13.0. The molecule has 0 saturated carbocycles. The molecule has 2 atom stereocenters. The molecule has 2 saturated heterocycles. The van der Waals surface area contributed by atoms with E-state index in [0.717, 1.165) is 30.8 Å². The lowest BCUT2D eigenvalue weighted by atomic mass is 10.00. The third-order valence-electron chi connectivity index (χ3n) is 4.80. The third kappa shape index (κ3) is 5.38. The van der Waals surface area contributed by atoms with Crippen LogP contribution in [0.5, 0.6) is 0 Å². The molecular weight excluding hydrogens is 372 g/mol. The molecule has 0 unspecified atom stereocenters. The van der Waals surface area contributed by atoms with Crippen LogP contribution in [0.1, 0.15) is 24.6 Å². The van der Waals surface area contributed by atoms with Crippen LogP contribution in [0.25, 0.3) is 0 Å². The van der Waals surface area contributed by atoms with E-state index in [-0.39, 0.29) is 27.7 Å². The van der Waals surface area contributed by atoms with Gasteiger partial charge in [0.2, 0.25) is 0 Å². The molecule has 1 aromatic rings. The van der Waals surface area contributed by atoms with E-state index in [0.29, 0.717) is 32.8 Å². The van der Waals surface area contributed by atoms with Crippen LogP contribution in [0.2, 0.25) is 0 Å². The highest BCUT2D eigenvalue weighted by Crippen LogP contribution is 2.34. The second-order valence-corrected chi connectivity index (χ2v) is 8.11. The normalized spacial score (nSPS) is 26.0. The minimum absolute atomic E-state index is 0.0287. The van der Waals surface area contributed by atoms with E-state index in [9.17, 15) is 14.9 Å². The van der Waals surface area contributed by atoms with Gasteiger partial charge < -0.3 is 20.1 Å². The molecule has 0 aliphatic carbocycles. The first kappa shape index (κ1) is 20.0. The van der Waals surface area contributed by atoms with Gasteiger partial charge in [0.25, 0.3) is 0 Å². The number of hydrogen-bond acceptors (Lipinski definition) is 7. The summed E-state index contributed by atoms with van der Waals surface area (Å²) in [5.74, 6) is 0. The summed E-state index contributed by atoms with van der Waals surface area (Å²) in [6, 6.07) is 3.19. The van der Waals surface area contributed by atoms with E-state index in [2.05, 4.69) is 15.5 Å². The number of amides is 2. The summed E-state index contributed by atoms with van der Waals surface area (Å²) in [5, 5.41) is 16.6. The summed E-state index contributed by atoms with van der Waals surface area (Å²) in [6.45, 7) is 6.21. The highest BCUT2D eigenvalue weighted by atomic mass is 32.1. The molecule has 1 spiro atoms. The lowest BCUT2D eigenvalue weighted by Gasteiger charge is -2.31. The summed E-state index contributed by atoms with van der Waals surface area (Å²) in [6.07, 6.45) is 1.71. The smallest absolute Gasteiger partial charge is 0.324 e. The molecule has 10 heteroatoms. The molecule has 2 aliphatic rings. The quantitative estimate of drug-likeness (QED) is 0.558. The van der Waals surface area contributed by atoms with Gasteiger partial charge in [-0.25, -0.2) is 4.79 Å². The van der Waals surface area contributed by atoms with Crippen molar-refractivity contribution < 1.29 is 19.2 Å². The Morgan fingerprint density at radius 1 is 1.48 bits per heavy atom. The maximum atomic E-state index is 11.6. The molecule has 3 rings (SSSR count). The fraction of sp³-hybridized carbons (Fsp3) is 0.706. The molecule has 9 nitrogen and oxygen atoms in total. The molecule has 0 aromatic carbocycles. The number of carbonyl (C=O) groups excluding carboxylic acids is 1. The number of carbonyl (C=O) groups is 1. The third-order valence-corrected chi connectivity index (χ3v) is 5.82. The summed E-state index contributed by atoms with van der Waals surface area (Å²) in [4.78, 5) is 25.3. The van der Waals surface area contributed by atoms with Crippen LogP contribution in [-0.4, -0.2) is 67.0 Å². The molecule has 3 heterocycles. The molecule has 2 aliphatic heterocycles. The summed E-state index contributed by atoms with van der Waals surface area (Å²) in [5.41, 5.74) is -0.382. The van der Waals surface area contributed by atoms with Crippen molar-refractivity contribution >= 4 is 22.4 Å². The first-order valence-electron chi connectivity index (χ1n) is 9.22. The van der Waals surface area contributed by atoms with Gasteiger partial charge in [0.15, 0.2) is 0 Å². The minimum Gasteiger partial charge on any atom is -0.377 e. The molecule has 2 fully saturated rings. The number of ether oxygens (including phenoxy) is 2.